The van der Waals surface area contributed by atoms with Crippen molar-refractivity contribution in [3.63, 3.8) is 0 Å². The summed E-state index contributed by atoms with van der Waals surface area (Å²) >= 11 is 9.30. The number of benzene rings is 1. The Morgan fingerprint density at radius 2 is 2.20 bits per heavy atom. The number of rotatable bonds is 6. The van der Waals surface area contributed by atoms with E-state index in [-0.39, 0.29) is 0 Å². The first-order valence-electron chi connectivity index (χ1n) is 4.92. The molecule has 0 fully saturated rings. The SMILES string of the molecule is COCCCCNc1ccc(Cl)cc1Br. The number of unbranched alkanes of at least 4 members (excludes halogenated alkanes) is 1. The van der Waals surface area contributed by atoms with Crippen LogP contribution in [0.5, 0.6) is 0 Å². The normalized spacial score (nSPS) is 10.3. The van der Waals surface area contributed by atoms with Crippen LogP contribution < -0.4 is 5.32 Å². The molecule has 0 saturated carbocycles. The third-order valence-corrected chi connectivity index (χ3v) is 2.91. The van der Waals surface area contributed by atoms with Gasteiger partial charge in [0, 0.05) is 35.4 Å². The second kappa shape index (κ2) is 7.09. The van der Waals surface area contributed by atoms with Gasteiger partial charge < -0.3 is 10.1 Å². The van der Waals surface area contributed by atoms with Crippen molar-refractivity contribution in [3.8, 4) is 0 Å². The summed E-state index contributed by atoms with van der Waals surface area (Å²) in [4.78, 5) is 0. The van der Waals surface area contributed by atoms with Gasteiger partial charge in [0.1, 0.15) is 0 Å². The third-order valence-electron chi connectivity index (χ3n) is 2.02. The summed E-state index contributed by atoms with van der Waals surface area (Å²) in [6.07, 6.45) is 2.18. The fourth-order valence-electron chi connectivity index (χ4n) is 1.23. The van der Waals surface area contributed by atoms with Crippen molar-refractivity contribution < 1.29 is 4.74 Å². The first kappa shape index (κ1) is 12.8. The maximum atomic E-state index is 5.85. The lowest BCUT2D eigenvalue weighted by Crippen LogP contribution is -2.03. The number of halogens is 2. The Morgan fingerprint density at radius 3 is 2.87 bits per heavy atom. The molecule has 15 heavy (non-hydrogen) atoms. The molecule has 0 amide bonds. The summed E-state index contributed by atoms with van der Waals surface area (Å²) < 4.78 is 5.98. The Labute approximate surface area is 104 Å². The Bertz CT molecular complexity index is 307. The van der Waals surface area contributed by atoms with Crippen LogP contribution in [0.3, 0.4) is 0 Å². The minimum atomic E-state index is 0.742. The monoisotopic (exact) mass is 291 g/mol. The van der Waals surface area contributed by atoms with Crippen LogP contribution in [0.2, 0.25) is 5.02 Å². The summed E-state index contributed by atoms with van der Waals surface area (Å²) in [5.74, 6) is 0. The summed E-state index contributed by atoms with van der Waals surface area (Å²) in [6, 6.07) is 5.74. The number of anilines is 1. The fourth-order valence-corrected chi connectivity index (χ4v) is 2.05. The molecule has 0 bridgehead atoms. The average Bonchev–Trinajstić information content (AvgIpc) is 2.20. The van der Waals surface area contributed by atoms with Crippen LogP contribution in [0.1, 0.15) is 12.8 Å². The van der Waals surface area contributed by atoms with E-state index in [9.17, 15) is 0 Å². The van der Waals surface area contributed by atoms with Crippen LogP contribution in [-0.2, 0) is 4.74 Å². The molecular formula is C11H15BrClNO. The Kier molecular flexibility index (Phi) is 6.06. The zero-order chi connectivity index (χ0) is 11.1. The highest BCUT2D eigenvalue weighted by Crippen LogP contribution is 2.25. The van der Waals surface area contributed by atoms with E-state index in [2.05, 4.69) is 21.2 Å². The van der Waals surface area contributed by atoms with Gasteiger partial charge in [-0.25, -0.2) is 0 Å². The predicted octanol–water partition coefficient (Wildman–Crippen LogP) is 3.94. The molecule has 0 saturated heterocycles. The molecule has 0 heterocycles. The van der Waals surface area contributed by atoms with E-state index >= 15 is 0 Å². The van der Waals surface area contributed by atoms with Crippen LogP contribution in [0.25, 0.3) is 0 Å². The molecule has 0 spiro atoms. The third kappa shape index (κ3) is 4.87. The van der Waals surface area contributed by atoms with Gasteiger partial charge in [-0.05, 0) is 47.0 Å². The molecular weight excluding hydrogens is 277 g/mol. The molecule has 1 rings (SSSR count). The molecule has 0 aliphatic heterocycles. The molecule has 0 aliphatic carbocycles. The predicted molar refractivity (Wildman–Crippen MR) is 68.8 cm³/mol. The van der Waals surface area contributed by atoms with E-state index in [1.165, 1.54) is 0 Å². The average molecular weight is 293 g/mol. The van der Waals surface area contributed by atoms with Crippen molar-refractivity contribution in [2.45, 2.75) is 12.8 Å². The van der Waals surface area contributed by atoms with Gasteiger partial charge in [-0.3, -0.25) is 0 Å². The van der Waals surface area contributed by atoms with Gasteiger partial charge in [-0.2, -0.15) is 0 Å². The number of ether oxygens (including phenoxy) is 1. The van der Waals surface area contributed by atoms with E-state index in [1.54, 1.807) is 7.11 Å². The van der Waals surface area contributed by atoms with Gasteiger partial charge in [0.2, 0.25) is 0 Å². The first-order chi connectivity index (χ1) is 7.24. The molecule has 1 aromatic rings. The second-order valence-corrected chi connectivity index (χ2v) is 4.54. The summed E-state index contributed by atoms with van der Waals surface area (Å²) in [5, 5.41) is 4.08. The molecule has 0 atom stereocenters. The maximum absolute atomic E-state index is 5.85. The van der Waals surface area contributed by atoms with Gasteiger partial charge in [0.15, 0.2) is 0 Å². The molecule has 0 unspecified atom stereocenters. The van der Waals surface area contributed by atoms with Crippen LogP contribution in [0, 0.1) is 0 Å². The molecule has 4 heteroatoms. The van der Waals surface area contributed by atoms with Crippen molar-refractivity contribution >= 4 is 33.2 Å². The zero-order valence-corrected chi connectivity index (χ0v) is 11.1. The smallest absolute Gasteiger partial charge is 0.0485 e. The largest absolute Gasteiger partial charge is 0.385 e. The molecule has 1 N–H and O–H groups in total. The van der Waals surface area contributed by atoms with Crippen LogP contribution in [0.15, 0.2) is 22.7 Å². The lowest BCUT2D eigenvalue weighted by molar-refractivity contribution is 0.194. The van der Waals surface area contributed by atoms with Gasteiger partial charge in [0.25, 0.3) is 0 Å². The molecule has 1 aromatic carbocycles. The summed E-state index contributed by atoms with van der Waals surface area (Å²) in [6.45, 7) is 1.77. The minimum Gasteiger partial charge on any atom is -0.385 e. The first-order valence-corrected chi connectivity index (χ1v) is 6.09. The number of hydrogen-bond donors (Lipinski definition) is 1. The van der Waals surface area contributed by atoms with Crippen molar-refractivity contribution in [2.75, 3.05) is 25.6 Å². The molecule has 0 radical (unpaired) electrons. The number of hydrogen-bond acceptors (Lipinski definition) is 2. The second-order valence-electron chi connectivity index (χ2n) is 3.25. The number of nitrogens with one attached hydrogen (secondary N) is 1. The van der Waals surface area contributed by atoms with Crippen LogP contribution >= 0.6 is 27.5 Å². The highest BCUT2D eigenvalue weighted by molar-refractivity contribution is 9.10. The molecule has 2 nitrogen and oxygen atoms in total. The topological polar surface area (TPSA) is 21.3 Å². The molecule has 84 valence electrons. The van der Waals surface area contributed by atoms with Crippen LogP contribution in [-0.4, -0.2) is 20.3 Å². The molecule has 0 aromatic heterocycles. The van der Waals surface area contributed by atoms with Gasteiger partial charge in [0.05, 0.1) is 0 Å². The van der Waals surface area contributed by atoms with Crippen molar-refractivity contribution in [2.24, 2.45) is 0 Å². The lowest BCUT2D eigenvalue weighted by Gasteiger charge is -2.08. The summed E-state index contributed by atoms with van der Waals surface area (Å²) in [5.41, 5.74) is 1.08. The van der Waals surface area contributed by atoms with Crippen molar-refractivity contribution in [3.05, 3.63) is 27.7 Å². The zero-order valence-electron chi connectivity index (χ0n) is 8.72. The number of methoxy groups -OCH3 is 1. The lowest BCUT2D eigenvalue weighted by atomic mass is 10.3. The molecule has 0 aliphatic rings. The maximum Gasteiger partial charge on any atom is 0.0485 e. The van der Waals surface area contributed by atoms with Gasteiger partial charge >= 0.3 is 0 Å². The van der Waals surface area contributed by atoms with Crippen LogP contribution in [0.4, 0.5) is 5.69 Å². The van der Waals surface area contributed by atoms with E-state index in [1.807, 2.05) is 18.2 Å². The van der Waals surface area contributed by atoms with Gasteiger partial charge in [-0.1, -0.05) is 11.6 Å². The van der Waals surface area contributed by atoms with E-state index in [0.717, 1.165) is 41.2 Å². The Balaban J connectivity index is 2.31. The quantitative estimate of drug-likeness (QED) is 0.802. The highest BCUT2D eigenvalue weighted by atomic mass is 79.9. The van der Waals surface area contributed by atoms with E-state index in [4.69, 9.17) is 16.3 Å². The minimum absolute atomic E-state index is 0.742. The summed E-state index contributed by atoms with van der Waals surface area (Å²) in [7, 11) is 1.73. The Hall–Kier alpha value is -0.250. The van der Waals surface area contributed by atoms with Crippen molar-refractivity contribution in [1.82, 2.24) is 0 Å². The van der Waals surface area contributed by atoms with Gasteiger partial charge in [-0.15, -0.1) is 0 Å². The van der Waals surface area contributed by atoms with E-state index < -0.39 is 0 Å². The Morgan fingerprint density at radius 1 is 1.40 bits per heavy atom. The fraction of sp³-hybridized carbons (Fsp3) is 0.455. The van der Waals surface area contributed by atoms with Crippen molar-refractivity contribution in [1.29, 1.82) is 0 Å². The van der Waals surface area contributed by atoms with E-state index in [0.29, 0.717) is 0 Å². The standard InChI is InChI=1S/C11H15BrClNO/c1-15-7-3-2-6-14-11-5-4-9(13)8-10(11)12/h4-5,8,14H,2-3,6-7H2,1H3. The highest BCUT2D eigenvalue weighted by Gasteiger charge is 1.99.